The Balaban J connectivity index is 1.86. The zero-order valence-corrected chi connectivity index (χ0v) is 13.2. The van der Waals surface area contributed by atoms with Crippen molar-refractivity contribution in [3.63, 3.8) is 0 Å². The van der Waals surface area contributed by atoms with Gasteiger partial charge in [0, 0.05) is 18.7 Å². The van der Waals surface area contributed by atoms with Gasteiger partial charge in [-0.05, 0) is 30.0 Å². The number of sulfonamides is 1. The second-order valence-electron chi connectivity index (χ2n) is 5.48. The van der Waals surface area contributed by atoms with Crippen LogP contribution in [0.1, 0.15) is 17.5 Å². The Kier molecular flexibility index (Phi) is 4.04. The first kappa shape index (κ1) is 15.5. The molecule has 0 N–H and O–H groups in total. The van der Waals surface area contributed by atoms with Crippen LogP contribution in [-0.2, 0) is 22.2 Å². The van der Waals surface area contributed by atoms with Gasteiger partial charge in [-0.15, -0.1) is 0 Å². The zero-order chi connectivity index (χ0) is 16.4. The number of aryl methyl sites for hydroxylation is 1. The summed E-state index contributed by atoms with van der Waals surface area (Å²) in [6, 6.07) is 13.1. The number of nitro groups is 1. The highest BCUT2D eigenvalue weighted by Gasteiger charge is 2.27. The number of anilines is 1. The van der Waals surface area contributed by atoms with Crippen LogP contribution in [0.2, 0.25) is 0 Å². The number of fused-ring (bicyclic) bond motifs is 1. The maximum absolute atomic E-state index is 12.7. The van der Waals surface area contributed by atoms with Crippen molar-refractivity contribution in [2.24, 2.45) is 0 Å². The van der Waals surface area contributed by atoms with E-state index in [0.717, 1.165) is 24.1 Å². The fourth-order valence-electron chi connectivity index (χ4n) is 2.79. The molecule has 0 saturated carbocycles. The van der Waals surface area contributed by atoms with Gasteiger partial charge in [0.15, 0.2) is 0 Å². The molecule has 0 bridgehead atoms. The third kappa shape index (κ3) is 3.19. The Morgan fingerprint density at radius 2 is 1.78 bits per heavy atom. The molecule has 2 aromatic rings. The summed E-state index contributed by atoms with van der Waals surface area (Å²) in [5.74, 6) is -0.167. The molecule has 0 aliphatic carbocycles. The van der Waals surface area contributed by atoms with E-state index in [1.807, 2.05) is 24.3 Å². The topological polar surface area (TPSA) is 80.5 Å². The quantitative estimate of drug-likeness (QED) is 0.637. The van der Waals surface area contributed by atoms with Crippen LogP contribution in [0.15, 0.2) is 48.5 Å². The number of benzene rings is 2. The lowest BCUT2D eigenvalue weighted by molar-refractivity contribution is -0.384. The van der Waals surface area contributed by atoms with Gasteiger partial charge in [-0.2, -0.15) is 0 Å². The van der Waals surface area contributed by atoms with Crippen molar-refractivity contribution < 1.29 is 13.3 Å². The minimum atomic E-state index is -3.52. The average Bonchev–Trinajstić information content (AvgIpc) is 2.54. The summed E-state index contributed by atoms with van der Waals surface area (Å²) in [5.41, 5.74) is 2.26. The van der Waals surface area contributed by atoms with Crippen LogP contribution in [0, 0.1) is 10.1 Å². The summed E-state index contributed by atoms with van der Waals surface area (Å²) < 4.78 is 26.9. The minimum absolute atomic E-state index is 0.0468. The average molecular weight is 332 g/mol. The first-order valence-corrected chi connectivity index (χ1v) is 8.90. The molecule has 1 aliphatic heterocycles. The van der Waals surface area contributed by atoms with Gasteiger partial charge in [0.25, 0.3) is 5.69 Å². The van der Waals surface area contributed by atoms with E-state index in [2.05, 4.69) is 0 Å². The molecular weight excluding hydrogens is 316 g/mol. The third-order valence-electron chi connectivity index (χ3n) is 3.90. The molecule has 1 aliphatic rings. The lowest BCUT2D eigenvalue weighted by Crippen LogP contribution is -2.36. The summed E-state index contributed by atoms with van der Waals surface area (Å²) in [6.45, 7) is 0.465. The van der Waals surface area contributed by atoms with E-state index in [1.54, 1.807) is 0 Å². The lowest BCUT2D eigenvalue weighted by Gasteiger charge is -2.30. The van der Waals surface area contributed by atoms with Crippen molar-refractivity contribution in [1.29, 1.82) is 0 Å². The predicted molar refractivity (Wildman–Crippen MR) is 87.8 cm³/mol. The molecule has 6 nitrogen and oxygen atoms in total. The van der Waals surface area contributed by atoms with Crippen LogP contribution in [0.25, 0.3) is 0 Å². The van der Waals surface area contributed by atoms with Gasteiger partial charge in [-0.3, -0.25) is 14.4 Å². The predicted octanol–water partition coefficient (Wildman–Crippen LogP) is 2.88. The van der Waals surface area contributed by atoms with Gasteiger partial charge >= 0.3 is 0 Å². The number of non-ortho nitro benzene ring substituents is 1. The van der Waals surface area contributed by atoms with Gasteiger partial charge in [0.05, 0.1) is 16.4 Å². The van der Waals surface area contributed by atoms with Crippen molar-refractivity contribution in [2.75, 3.05) is 10.8 Å². The monoisotopic (exact) mass is 332 g/mol. The van der Waals surface area contributed by atoms with Crippen molar-refractivity contribution in [1.82, 2.24) is 0 Å². The van der Waals surface area contributed by atoms with Crippen molar-refractivity contribution >= 4 is 21.4 Å². The van der Waals surface area contributed by atoms with Crippen LogP contribution in [0.3, 0.4) is 0 Å². The van der Waals surface area contributed by atoms with Crippen LogP contribution in [0.5, 0.6) is 0 Å². The fraction of sp³-hybridized carbons (Fsp3) is 0.250. The van der Waals surface area contributed by atoms with Gasteiger partial charge in [0.2, 0.25) is 10.0 Å². The van der Waals surface area contributed by atoms with Crippen molar-refractivity contribution in [3.05, 3.63) is 69.8 Å². The zero-order valence-electron chi connectivity index (χ0n) is 12.4. The second kappa shape index (κ2) is 6.00. The number of hydrogen-bond donors (Lipinski definition) is 0. The molecule has 0 atom stereocenters. The lowest BCUT2D eigenvalue weighted by atomic mass is 10.0. The summed E-state index contributed by atoms with van der Waals surface area (Å²) in [6.07, 6.45) is 1.66. The highest BCUT2D eigenvalue weighted by Crippen LogP contribution is 2.30. The van der Waals surface area contributed by atoms with E-state index in [4.69, 9.17) is 0 Å². The Morgan fingerprint density at radius 1 is 1.09 bits per heavy atom. The maximum atomic E-state index is 12.7. The van der Waals surface area contributed by atoms with Gasteiger partial charge in [0.1, 0.15) is 0 Å². The molecule has 0 radical (unpaired) electrons. The van der Waals surface area contributed by atoms with Crippen molar-refractivity contribution in [3.8, 4) is 0 Å². The molecule has 0 unspecified atom stereocenters. The highest BCUT2D eigenvalue weighted by atomic mass is 32.2. The Hall–Kier alpha value is -2.41. The maximum Gasteiger partial charge on any atom is 0.269 e. The normalized spacial score (nSPS) is 14.3. The molecular formula is C16H16N2O4S. The molecule has 23 heavy (non-hydrogen) atoms. The number of rotatable bonds is 4. The fourth-order valence-corrected chi connectivity index (χ4v) is 4.45. The summed E-state index contributed by atoms with van der Waals surface area (Å²) in [5, 5.41) is 10.7. The highest BCUT2D eigenvalue weighted by molar-refractivity contribution is 7.92. The molecule has 0 saturated heterocycles. The van der Waals surface area contributed by atoms with E-state index in [1.165, 1.54) is 28.6 Å². The van der Waals surface area contributed by atoms with Crippen molar-refractivity contribution in [2.45, 2.75) is 18.6 Å². The summed E-state index contributed by atoms with van der Waals surface area (Å²) >= 11 is 0. The Labute approximate surface area is 134 Å². The molecule has 2 aromatic carbocycles. The van der Waals surface area contributed by atoms with E-state index in [9.17, 15) is 18.5 Å². The first-order valence-electron chi connectivity index (χ1n) is 7.29. The number of para-hydroxylation sites is 1. The number of hydrogen-bond acceptors (Lipinski definition) is 4. The minimum Gasteiger partial charge on any atom is -0.270 e. The molecule has 0 aromatic heterocycles. The smallest absolute Gasteiger partial charge is 0.269 e. The molecule has 3 rings (SSSR count). The van der Waals surface area contributed by atoms with Crippen LogP contribution >= 0.6 is 0 Å². The Bertz CT molecular complexity index is 831. The first-order chi connectivity index (χ1) is 11.0. The van der Waals surface area contributed by atoms with Gasteiger partial charge in [-0.25, -0.2) is 8.42 Å². The third-order valence-corrected chi connectivity index (χ3v) is 5.65. The SMILES string of the molecule is O=[N+]([O-])c1ccc(CS(=O)(=O)N2CCCc3ccccc32)cc1. The van der Waals surface area contributed by atoms with Crippen LogP contribution in [-0.4, -0.2) is 19.9 Å². The summed E-state index contributed by atoms with van der Waals surface area (Å²) in [7, 11) is -3.52. The molecule has 0 fully saturated rings. The molecule has 120 valence electrons. The number of nitrogens with zero attached hydrogens (tertiary/aromatic N) is 2. The second-order valence-corrected chi connectivity index (χ2v) is 7.38. The molecule has 7 heteroatoms. The van der Waals surface area contributed by atoms with E-state index >= 15 is 0 Å². The van der Waals surface area contributed by atoms with Gasteiger partial charge < -0.3 is 0 Å². The van der Waals surface area contributed by atoms with E-state index in [-0.39, 0.29) is 11.4 Å². The van der Waals surface area contributed by atoms with Crippen LogP contribution < -0.4 is 4.31 Å². The molecule has 0 spiro atoms. The largest absolute Gasteiger partial charge is 0.270 e. The Morgan fingerprint density at radius 3 is 2.48 bits per heavy atom. The number of nitro benzene ring substituents is 1. The molecule has 1 heterocycles. The molecule has 0 amide bonds. The standard InChI is InChI=1S/C16H16N2O4S/c19-18(20)15-9-7-13(8-10-15)12-23(21,22)17-11-3-5-14-4-1-2-6-16(14)17/h1-2,4,6-10H,3,5,11-12H2. The van der Waals surface area contributed by atoms with Gasteiger partial charge in [-0.1, -0.05) is 30.3 Å². The van der Waals surface area contributed by atoms with E-state index in [0.29, 0.717) is 12.1 Å². The summed E-state index contributed by atoms with van der Waals surface area (Å²) in [4.78, 5) is 10.2. The van der Waals surface area contributed by atoms with Crippen LogP contribution in [0.4, 0.5) is 11.4 Å². The van der Waals surface area contributed by atoms with E-state index < -0.39 is 14.9 Å².